The molecule has 1 heterocycles. The third kappa shape index (κ3) is 5.59. The fourth-order valence-corrected chi connectivity index (χ4v) is 3.96. The van der Waals surface area contributed by atoms with Crippen LogP contribution < -0.4 is 14.2 Å². The molecule has 1 amide bonds. The van der Waals surface area contributed by atoms with E-state index in [-0.39, 0.29) is 5.91 Å². The summed E-state index contributed by atoms with van der Waals surface area (Å²) in [5, 5.41) is 0.608. The number of nitrogens with zero attached hydrogens (tertiary/aromatic N) is 2. The first-order chi connectivity index (χ1) is 15.1. The molecule has 1 saturated heterocycles. The number of aliphatic imine (C=N–C) groups is 1. The van der Waals surface area contributed by atoms with Crippen LogP contribution in [0.5, 0.6) is 17.2 Å². The van der Waals surface area contributed by atoms with Gasteiger partial charge in [-0.3, -0.25) is 9.69 Å². The van der Waals surface area contributed by atoms with Gasteiger partial charge in [-0.05, 0) is 66.7 Å². The maximum Gasteiger partial charge on any atom is 0.266 e. The van der Waals surface area contributed by atoms with E-state index < -0.39 is 0 Å². The van der Waals surface area contributed by atoms with Crippen LogP contribution in [0.3, 0.4) is 0 Å². The Bertz CT molecular complexity index is 972. The summed E-state index contributed by atoms with van der Waals surface area (Å²) in [6, 6.07) is 13.0. The first-order valence-electron chi connectivity index (χ1n) is 9.83. The lowest BCUT2D eigenvalue weighted by Crippen LogP contribution is -2.32. The van der Waals surface area contributed by atoms with Crippen molar-refractivity contribution < 1.29 is 23.7 Å². The van der Waals surface area contributed by atoms with Crippen LogP contribution in [0.25, 0.3) is 6.08 Å². The van der Waals surface area contributed by atoms with Crippen LogP contribution in [-0.2, 0) is 9.53 Å². The van der Waals surface area contributed by atoms with Gasteiger partial charge in [-0.25, -0.2) is 4.99 Å². The van der Waals surface area contributed by atoms with E-state index >= 15 is 0 Å². The largest absolute Gasteiger partial charge is 0.497 e. The number of carbonyl (C=O) groups excluding carboxylic acids is 1. The van der Waals surface area contributed by atoms with Gasteiger partial charge in [0.15, 0.2) is 16.7 Å². The van der Waals surface area contributed by atoms with Gasteiger partial charge < -0.3 is 18.9 Å². The van der Waals surface area contributed by atoms with Gasteiger partial charge in [0.2, 0.25) is 0 Å². The molecule has 0 atom stereocenters. The Morgan fingerprint density at radius 1 is 1.03 bits per heavy atom. The topological polar surface area (TPSA) is 69.6 Å². The molecule has 2 aromatic carbocycles. The number of carbonyl (C=O) groups is 1. The Morgan fingerprint density at radius 3 is 2.45 bits per heavy atom. The Hall–Kier alpha value is -2.97. The van der Waals surface area contributed by atoms with Crippen molar-refractivity contribution in [2.45, 2.75) is 6.92 Å². The van der Waals surface area contributed by atoms with Crippen molar-refractivity contribution in [3.8, 4) is 17.2 Å². The average Bonchev–Trinajstić information content (AvgIpc) is 3.07. The summed E-state index contributed by atoms with van der Waals surface area (Å²) >= 11 is 1.33. The van der Waals surface area contributed by atoms with Gasteiger partial charge in [0.25, 0.3) is 5.91 Å². The number of hydrogen-bond donors (Lipinski definition) is 0. The van der Waals surface area contributed by atoms with Gasteiger partial charge in [-0.2, -0.15) is 0 Å². The SMILES string of the molecule is CCOc1ccc(/C=C2\SC(=Nc3ccc(OC)cc3)N(CCOC)C2=O)cc1OC. The predicted molar refractivity (Wildman–Crippen MR) is 123 cm³/mol. The number of ether oxygens (including phenoxy) is 4. The van der Waals surface area contributed by atoms with Crippen molar-refractivity contribution in [3.63, 3.8) is 0 Å². The average molecular weight is 443 g/mol. The second kappa shape index (κ2) is 10.9. The molecular weight excluding hydrogens is 416 g/mol. The fraction of sp³-hybridized carbons (Fsp3) is 0.304. The minimum absolute atomic E-state index is 0.109. The Labute approximate surface area is 186 Å². The van der Waals surface area contributed by atoms with Crippen LogP contribution in [0.15, 0.2) is 52.4 Å². The van der Waals surface area contributed by atoms with Crippen LogP contribution in [0, 0.1) is 0 Å². The molecule has 0 aromatic heterocycles. The molecule has 1 aliphatic heterocycles. The first kappa shape index (κ1) is 22.7. The molecule has 0 N–H and O–H groups in total. The summed E-state index contributed by atoms with van der Waals surface area (Å²) in [6.07, 6.45) is 1.83. The van der Waals surface area contributed by atoms with Crippen LogP contribution in [0.2, 0.25) is 0 Å². The molecule has 1 aliphatic rings. The summed E-state index contributed by atoms with van der Waals surface area (Å²) < 4.78 is 21.4. The third-order valence-electron chi connectivity index (χ3n) is 4.49. The minimum Gasteiger partial charge on any atom is -0.497 e. The Kier molecular flexibility index (Phi) is 7.97. The number of hydrogen-bond acceptors (Lipinski definition) is 7. The number of amidine groups is 1. The molecule has 7 nitrogen and oxygen atoms in total. The summed E-state index contributed by atoms with van der Waals surface area (Å²) in [6.45, 7) is 3.30. The highest BCUT2D eigenvalue weighted by Gasteiger charge is 2.33. The third-order valence-corrected chi connectivity index (χ3v) is 5.50. The molecule has 0 saturated carbocycles. The van der Waals surface area contributed by atoms with Crippen LogP contribution in [0.1, 0.15) is 12.5 Å². The molecule has 0 bridgehead atoms. The van der Waals surface area contributed by atoms with Crippen molar-refractivity contribution in [2.24, 2.45) is 4.99 Å². The highest BCUT2D eigenvalue weighted by molar-refractivity contribution is 8.18. The number of thioether (sulfide) groups is 1. The van der Waals surface area contributed by atoms with E-state index in [2.05, 4.69) is 4.99 Å². The Balaban J connectivity index is 1.90. The van der Waals surface area contributed by atoms with E-state index in [1.54, 1.807) is 26.2 Å². The number of rotatable bonds is 9. The molecule has 0 unspecified atom stereocenters. The van der Waals surface area contributed by atoms with Crippen LogP contribution in [0.4, 0.5) is 5.69 Å². The lowest BCUT2D eigenvalue weighted by Gasteiger charge is -2.14. The normalized spacial score (nSPS) is 16.3. The van der Waals surface area contributed by atoms with Gasteiger partial charge in [0.1, 0.15) is 5.75 Å². The molecule has 2 aromatic rings. The fourth-order valence-electron chi connectivity index (χ4n) is 2.94. The minimum atomic E-state index is -0.109. The van der Waals surface area contributed by atoms with E-state index in [1.165, 1.54) is 11.8 Å². The van der Waals surface area contributed by atoms with Crippen LogP contribution in [-0.4, -0.2) is 57.1 Å². The summed E-state index contributed by atoms with van der Waals surface area (Å²) in [4.78, 5) is 19.9. The smallest absolute Gasteiger partial charge is 0.266 e. The van der Waals surface area contributed by atoms with Gasteiger partial charge in [-0.1, -0.05) is 6.07 Å². The molecule has 8 heteroatoms. The zero-order valence-electron chi connectivity index (χ0n) is 18.1. The second-order valence-corrected chi connectivity index (χ2v) is 7.51. The zero-order chi connectivity index (χ0) is 22.2. The van der Waals surface area contributed by atoms with Crippen molar-refractivity contribution in [1.82, 2.24) is 4.90 Å². The lowest BCUT2D eigenvalue weighted by molar-refractivity contribution is -0.122. The molecule has 31 heavy (non-hydrogen) atoms. The summed E-state index contributed by atoms with van der Waals surface area (Å²) in [7, 11) is 4.82. The maximum atomic E-state index is 13.1. The predicted octanol–water partition coefficient (Wildman–Crippen LogP) is 4.35. The van der Waals surface area contributed by atoms with E-state index in [1.807, 2.05) is 55.5 Å². The van der Waals surface area contributed by atoms with E-state index in [4.69, 9.17) is 18.9 Å². The Morgan fingerprint density at radius 2 is 1.81 bits per heavy atom. The second-order valence-electron chi connectivity index (χ2n) is 6.50. The summed E-state index contributed by atoms with van der Waals surface area (Å²) in [5.41, 5.74) is 1.58. The highest BCUT2D eigenvalue weighted by Crippen LogP contribution is 2.36. The highest BCUT2D eigenvalue weighted by atomic mass is 32.2. The van der Waals surface area contributed by atoms with Gasteiger partial charge >= 0.3 is 0 Å². The zero-order valence-corrected chi connectivity index (χ0v) is 18.9. The standard InChI is InChI=1S/C23H26N2O5S/c1-5-30-19-11-6-16(14-20(19)29-4)15-21-22(26)25(12-13-27-2)23(31-21)24-17-7-9-18(28-3)10-8-17/h6-11,14-15H,5,12-13H2,1-4H3/b21-15-,24-23?. The molecule has 1 fully saturated rings. The van der Waals surface area contributed by atoms with Gasteiger partial charge in [0.05, 0.1) is 44.6 Å². The van der Waals surface area contributed by atoms with Crippen LogP contribution >= 0.6 is 11.8 Å². The van der Waals surface area contributed by atoms with E-state index in [0.29, 0.717) is 41.3 Å². The van der Waals surface area contributed by atoms with Crippen molar-refractivity contribution in [2.75, 3.05) is 41.1 Å². The monoisotopic (exact) mass is 442 g/mol. The number of benzene rings is 2. The van der Waals surface area contributed by atoms with E-state index in [0.717, 1.165) is 17.0 Å². The molecule has 0 spiro atoms. The molecule has 3 rings (SSSR count). The van der Waals surface area contributed by atoms with Gasteiger partial charge in [0, 0.05) is 7.11 Å². The lowest BCUT2D eigenvalue weighted by atomic mass is 10.2. The number of amides is 1. The molecule has 0 radical (unpaired) electrons. The van der Waals surface area contributed by atoms with Gasteiger partial charge in [-0.15, -0.1) is 0 Å². The van der Waals surface area contributed by atoms with Crippen molar-refractivity contribution in [1.29, 1.82) is 0 Å². The maximum absolute atomic E-state index is 13.1. The summed E-state index contributed by atoms with van der Waals surface area (Å²) in [5.74, 6) is 1.93. The van der Waals surface area contributed by atoms with E-state index in [9.17, 15) is 4.79 Å². The molecule has 164 valence electrons. The molecule has 0 aliphatic carbocycles. The first-order valence-corrected chi connectivity index (χ1v) is 10.6. The quantitative estimate of drug-likeness (QED) is 0.538. The van der Waals surface area contributed by atoms with Crippen molar-refractivity contribution in [3.05, 3.63) is 52.9 Å². The molecular formula is C23H26N2O5S. The number of methoxy groups -OCH3 is 3. The van der Waals surface area contributed by atoms with Crippen molar-refractivity contribution >= 4 is 34.6 Å².